The average molecular weight is 238 g/mol. The first-order chi connectivity index (χ1) is 7.66. The van der Waals surface area contributed by atoms with Crippen molar-refractivity contribution in [1.29, 1.82) is 0 Å². The summed E-state index contributed by atoms with van der Waals surface area (Å²) in [4.78, 5) is 0.217. The highest BCUT2D eigenvalue weighted by Crippen LogP contribution is 2.27. The van der Waals surface area contributed by atoms with Gasteiger partial charge in [-0.25, -0.2) is 0 Å². The lowest BCUT2D eigenvalue weighted by Crippen LogP contribution is -2.10. The lowest BCUT2D eigenvalue weighted by molar-refractivity contribution is 0.476. The predicted molar refractivity (Wildman–Crippen MR) is 72.0 cm³/mol. The van der Waals surface area contributed by atoms with Gasteiger partial charge in [-0.1, -0.05) is 38.0 Å². The zero-order valence-corrected chi connectivity index (χ0v) is 10.3. The molecule has 88 valence electrons. The Bertz CT molecular complexity index is 366. The van der Waals surface area contributed by atoms with Gasteiger partial charge in [-0.2, -0.15) is 0 Å². The van der Waals surface area contributed by atoms with E-state index in [0.717, 1.165) is 13.0 Å². The maximum atomic E-state index is 9.89. The van der Waals surface area contributed by atoms with E-state index in [1.165, 1.54) is 12.8 Å². The van der Waals surface area contributed by atoms with Crippen LogP contribution in [-0.4, -0.2) is 16.6 Å². The minimum absolute atomic E-state index is 0.145. The van der Waals surface area contributed by atoms with Gasteiger partial charge < -0.3 is 16.2 Å². The van der Waals surface area contributed by atoms with E-state index in [4.69, 9.17) is 18.0 Å². The number of aromatic hydroxyl groups is 1. The number of para-hydroxylation sites is 1. The summed E-state index contributed by atoms with van der Waals surface area (Å²) in [6, 6.07) is 5.37. The molecular weight excluding hydrogens is 220 g/mol. The molecule has 4 N–H and O–H groups in total. The Hall–Kier alpha value is -1.29. The smallest absolute Gasteiger partial charge is 0.148 e. The monoisotopic (exact) mass is 238 g/mol. The maximum absolute atomic E-state index is 9.89. The van der Waals surface area contributed by atoms with Gasteiger partial charge in [0.25, 0.3) is 0 Å². The van der Waals surface area contributed by atoms with Gasteiger partial charge in [0.15, 0.2) is 0 Å². The molecule has 0 atom stereocenters. The molecule has 0 unspecified atom stereocenters. The lowest BCUT2D eigenvalue weighted by Gasteiger charge is -2.10. The molecule has 3 nitrogen and oxygen atoms in total. The van der Waals surface area contributed by atoms with Crippen LogP contribution in [0.5, 0.6) is 5.75 Å². The summed E-state index contributed by atoms with van der Waals surface area (Å²) < 4.78 is 0. The third kappa shape index (κ3) is 3.38. The SMILES string of the molecule is CCCCCNc1cccc(C(N)=S)c1O. The van der Waals surface area contributed by atoms with Gasteiger partial charge in [-0.05, 0) is 18.6 Å². The van der Waals surface area contributed by atoms with E-state index in [2.05, 4.69) is 12.2 Å². The van der Waals surface area contributed by atoms with Crippen LogP contribution in [0.1, 0.15) is 31.7 Å². The van der Waals surface area contributed by atoms with Crippen molar-refractivity contribution < 1.29 is 5.11 Å². The molecule has 0 heterocycles. The molecule has 0 aliphatic heterocycles. The number of thiocarbonyl (C=S) groups is 1. The van der Waals surface area contributed by atoms with Gasteiger partial charge in [-0.15, -0.1) is 0 Å². The van der Waals surface area contributed by atoms with E-state index in [1.54, 1.807) is 6.07 Å². The van der Waals surface area contributed by atoms with Crippen LogP contribution in [0, 0.1) is 0 Å². The molecule has 1 aromatic carbocycles. The quantitative estimate of drug-likeness (QED) is 0.405. The second-order valence-electron chi connectivity index (χ2n) is 3.70. The number of unbranched alkanes of at least 4 members (excludes halogenated alkanes) is 2. The molecule has 0 bridgehead atoms. The summed E-state index contributed by atoms with van der Waals surface area (Å²) in [5.41, 5.74) is 6.72. The number of benzene rings is 1. The third-order valence-electron chi connectivity index (χ3n) is 2.40. The van der Waals surface area contributed by atoms with Crippen LogP contribution in [0.3, 0.4) is 0 Å². The highest BCUT2D eigenvalue weighted by molar-refractivity contribution is 7.80. The Morgan fingerprint density at radius 2 is 2.19 bits per heavy atom. The number of hydrogen-bond acceptors (Lipinski definition) is 3. The van der Waals surface area contributed by atoms with Crippen LogP contribution in [0.4, 0.5) is 5.69 Å². The van der Waals surface area contributed by atoms with Crippen molar-refractivity contribution >= 4 is 22.9 Å². The summed E-state index contributed by atoms with van der Waals surface area (Å²) in [6.07, 6.45) is 3.45. The van der Waals surface area contributed by atoms with E-state index >= 15 is 0 Å². The Kier molecular flexibility index (Phi) is 5.05. The fourth-order valence-corrected chi connectivity index (χ4v) is 1.65. The van der Waals surface area contributed by atoms with Crippen LogP contribution < -0.4 is 11.1 Å². The number of hydrogen-bond donors (Lipinski definition) is 3. The van der Waals surface area contributed by atoms with Crippen molar-refractivity contribution in [2.24, 2.45) is 5.73 Å². The summed E-state index contributed by atoms with van der Waals surface area (Å²) in [7, 11) is 0. The number of rotatable bonds is 6. The van der Waals surface area contributed by atoms with Crippen LogP contribution in [-0.2, 0) is 0 Å². The van der Waals surface area contributed by atoms with Crippen LogP contribution in [0.15, 0.2) is 18.2 Å². The lowest BCUT2D eigenvalue weighted by atomic mass is 10.1. The van der Waals surface area contributed by atoms with E-state index in [-0.39, 0.29) is 10.7 Å². The number of nitrogens with two attached hydrogens (primary N) is 1. The van der Waals surface area contributed by atoms with Crippen molar-refractivity contribution in [3.05, 3.63) is 23.8 Å². The first kappa shape index (κ1) is 12.8. The molecule has 0 amide bonds. The number of phenolic OH excluding ortho intramolecular Hbond substituents is 1. The molecule has 0 aromatic heterocycles. The largest absolute Gasteiger partial charge is 0.505 e. The number of phenols is 1. The summed E-state index contributed by atoms with van der Waals surface area (Å²) in [5.74, 6) is 0.145. The zero-order valence-electron chi connectivity index (χ0n) is 9.49. The molecular formula is C12H18N2OS. The maximum Gasteiger partial charge on any atom is 0.148 e. The fraction of sp³-hybridized carbons (Fsp3) is 0.417. The van der Waals surface area contributed by atoms with Gasteiger partial charge in [0.1, 0.15) is 10.7 Å². The summed E-state index contributed by atoms with van der Waals surface area (Å²) >= 11 is 4.85. The number of nitrogens with one attached hydrogen (secondary N) is 1. The second-order valence-corrected chi connectivity index (χ2v) is 4.14. The molecule has 0 aliphatic carbocycles. The van der Waals surface area contributed by atoms with Crippen LogP contribution >= 0.6 is 12.2 Å². The number of anilines is 1. The Balaban J connectivity index is 2.66. The van der Waals surface area contributed by atoms with E-state index < -0.39 is 0 Å². The standard InChI is InChI=1S/C12H18N2OS/c1-2-3-4-8-14-10-7-5-6-9(11(10)15)12(13)16/h5-7,14-15H,2-4,8H2,1H3,(H2,13,16). The van der Waals surface area contributed by atoms with Crippen molar-refractivity contribution in [1.82, 2.24) is 0 Å². The van der Waals surface area contributed by atoms with E-state index in [9.17, 15) is 5.11 Å². The molecule has 0 saturated heterocycles. The van der Waals surface area contributed by atoms with Gasteiger partial charge in [0.05, 0.1) is 11.3 Å². The Morgan fingerprint density at radius 1 is 1.44 bits per heavy atom. The van der Waals surface area contributed by atoms with Gasteiger partial charge in [0.2, 0.25) is 0 Å². The van der Waals surface area contributed by atoms with Crippen molar-refractivity contribution in [2.75, 3.05) is 11.9 Å². The zero-order chi connectivity index (χ0) is 12.0. The van der Waals surface area contributed by atoms with Crippen LogP contribution in [0.2, 0.25) is 0 Å². The highest BCUT2D eigenvalue weighted by atomic mass is 32.1. The van der Waals surface area contributed by atoms with Gasteiger partial charge in [0, 0.05) is 6.54 Å². The molecule has 0 spiro atoms. The van der Waals surface area contributed by atoms with Gasteiger partial charge >= 0.3 is 0 Å². The molecule has 4 heteroatoms. The summed E-state index contributed by atoms with van der Waals surface area (Å²) in [5, 5.41) is 13.1. The fourth-order valence-electron chi connectivity index (χ4n) is 1.48. The van der Waals surface area contributed by atoms with E-state index in [1.807, 2.05) is 12.1 Å². The second kappa shape index (κ2) is 6.33. The van der Waals surface area contributed by atoms with Crippen molar-refractivity contribution in [3.63, 3.8) is 0 Å². The molecule has 0 saturated carbocycles. The van der Waals surface area contributed by atoms with Crippen molar-refractivity contribution in [2.45, 2.75) is 26.2 Å². The molecule has 0 aliphatic rings. The molecule has 16 heavy (non-hydrogen) atoms. The minimum Gasteiger partial charge on any atom is -0.505 e. The molecule has 0 radical (unpaired) electrons. The highest BCUT2D eigenvalue weighted by Gasteiger charge is 2.07. The summed E-state index contributed by atoms with van der Waals surface area (Å²) in [6.45, 7) is 3.01. The van der Waals surface area contributed by atoms with Gasteiger partial charge in [-0.3, -0.25) is 0 Å². The topological polar surface area (TPSA) is 58.3 Å². The Morgan fingerprint density at radius 3 is 2.81 bits per heavy atom. The minimum atomic E-state index is 0.145. The van der Waals surface area contributed by atoms with E-state index in [0.29, 0.717) is 11.3 Å². The normalized spacial score (nSPS) is 10.1. The first-order valence-corrected chi connectivity index (χ1v) is 5.93. The van der Waals surface area contributed by atoms with Crippen molar-refractivity contribution in [3.8, 4) is 5.75 Å². The average Bonchev–Trinajstić information content (AvgIpc) is 2.26. The molecule has 1 rings (SSSR count). The first-order valence-electron chi connectivity index (χ1n) is 5.52. The molecule has 0 fully saturated rings. The molecule has 1 aromatic rings. The Labute approximate surface area is 102 Å². The van der Waals surface area contributed by atoms with Crippen LogP contribution in [0.25, 0.3) is 0 Å². The predicted octanol–water partition coefficient (Wildman–Crippen LogP) is 2.63. The third-order valence-corrected chi connectivity index (χ3v) is 2.62.